The highest BCUT2D eigenvalue weighted by Crippen LogP contribution is 2.27. The zero-order valence-electron chi connectivity index (χ0n) is 15.5. The molecule has 138 valence electrons. The maximum absolute atomic E-state index is 12.3. The van der Waals surface area contributed by atoms with E-state index >= 15 is 0 Å². The summed E-state index contributed by atoms with van der Waals surface area (Å²) >= 11 is 2.87. The van der Waals surface area contributed by atoms with E-state index in [0.29, 0.717) is 10.3 Å². The molecule has 0 fully saturated rings. The van der Waals surface area contributed by atoms with Crippen LogP contribution in [0.25, 0.3) is 16.6 Å². The third-order valence-electron chi connectivity index (χ3n) is 4.39. The monoisotopic (exact) mass is 397 g/mol. The zero-order chi connectivity index (χ0) is 19.1. The summed E-state index contributed by atoms with van der Waals surface area (Å²) in [6.07, 6.45) is 0. The fourth-order valence-electron chi connectivity index (χ4n) is 2.94. The number of aryl methyl sites for hydroxylation is 4. The van der Waals surface area contributed by atoms with Crippen molar-refractivity contribution in [3.8, 4) is 0 Å². The summed E-state index contributed by atoms with van der Waals surface area (Å²) in [5.41, 5.74) is 5.08. The molecule has 1 N–H and O–H groups in total. The molecule has 1 amide bonds. The molecule has 4 rings (SSSR count). The molecule has 0 saturated heterocycles. The maximum Gasteiger partial charge on any atom is 0.236 e. The van der Waals surface area contributed by atoms with Crippen LogP contribution < -0.4 is 5.32 Å². The summed E-state index contributed by atoms with van der Waals surface area (Å²) in [5, 5.41) is 14.0. The molecule has 0 aliphatic carbocycles. The quantitative estimate of drug-likeness (QED) is 0.520. The van der Waals surface area contributed by atoms with E-state index in [0.717, 1.165) is 32.7 Å². The van der Waals surface area contributed by atoms with Crippen LogP contribution in [-0.2, 0) is 4.79 Å². The summed E-state index contributed by atoms with van der Waals surface area (Å²) in [6, 6.07) is 8.42. The van der Waals surface area contributed by atoms with Crippen LogP contribution in [0.5, 0.6) is 0 Å². The van der Waals surface area contributed by atoms with Gasteiger partial charge in [0.15, 0.2) is 15.9 Å². The number of aromatic nitrogens is 4. The summed E-state index contributed by atoms with van der Waals surface area (Å²) in [5.74, 6) is 0.151. The van der Waals surface area contributed by atoms with Crippen molar-refractivity contribution >= 4 is 50.7 Å². The van der Waals surface area contributed by atoms with Crippen molar-refractivity contribution in [2.45, 2.75) is 32.9 Å². The number of hydrogen-bond acceptors (Lipinski definition) is 6. The van der Waals surface area contributed by atoms with E-state index in [4.69, 9.17) is 0 Å². The molecule has 3 heterocycles. The standard InChI is InChI=1S/C19H19N5OS2/c1-10-5-6-15-14(7-10)8-11(2)17-22-23-19(24(15)17)26-9-16(25)21-18-20-12(3)13(4)27-18/h5-8H,9H2,1-4H3,(H,20,21,25). The Balaban J connectivity index is 1.60. The first kappa shape index (κ1) is 17.9. The van der Waals surface area contributed by atoms with Crippen molar-refractivity contribution < 1.29 is 4.79 Å². The first-order valence-corrected chi connectivity index (χ1v) is 10.3. The zero-order valence-corrected chi connectivity index (χ0v) is 17.2. The van der Waals surface area contributed by atoms with Crippen LogP contribution in [0, 0.1) is 27.7 Å². The molecule has 0 spiro atoms. The second-order valence-electron chi connectivity index (χ2n) is 6.53. The van der Waals surface area contributed by atoms with Gasteiger partial charge < -0.3 is 5.32 Å². The van der Waals surface area contributed by atoms with E-state index in [9.17, 15) is 4.79 Å². The Morgan fingerprint density at radius 3 is 2.74 bits per heavy atom. The van der Waals surface area contributed by atoms with Gasteiger partial charge in [-0.05, 0) is 56.8 Å². The van der Waals surface area contributed by atoms with Gasteiger partial charge in [-0.2, -0.15) is 0 Å². The van der Waals surface area contributed by atoms with Crippen LogP contribution in [0.3, 0.4) is 0 Å². The van der Waals surface area contributed by atoms with Gasteiger partial charge >= 0.3 is 0 Å². The number of hydrogen-bond donors (Lipinski definition) is 1. The molecule has 0 radical (unpaired) electrons. The van der Waals surface area contributed by atoms with Crippen molar-refractivity contribution in [1.82, 2.24) is 19.6 Å². The lowest BCUT2D eigenvalue weighted by Crippen LogP contribution is -2.14. The van der Waals surface area contributed by atoms with Crippen LogP contribution >= 0.6 is 23.1 Å². The SMILES string of the molecule is Cc1ccc2c(c1)cc(C)c1nnc(SCC(=O)Nc3nc(C)c(C)s3)n12. The number of carbonyl (C=O) groups excluding carboxylic acids is 1. The van der Waals surface area contributed by atoms with Crippen LogP contribution in [0.2, 0.25) is 0 Å². The predicted molar refractivity (Wildman–Crippen MR) is 111 cm³/mol. The van der Waals surface area contributed by atoms with Gasteiger partial charge in [0.1, 0.15) is 0 Å². The van der Waals surface area contributed by atoms with Crippen LogP contribution in [0.1, 0.15) is 21.7 Å². The Kier molecular flexibility index (Phi) is 4.61. The normalized spacial score (nSPS) is 11.4. The molecule has 0 aliphatic rings. The fourth-order valence-corrected chi connectivity index (χ4v) is 4.51. The van der Waals surface area contributed by atoms with Gasteiger partial charge in [-0.3, -0.25) is 9.20 Å². The van der Waals surface area contributed by atoms with E-state index in [1.165, 1.54) is 28.7 Å². The molecule has 27 heavy (non-hydrogen) atoms. The molecule has 8 heteroatoms. The molecule has 4 aromatic rings. The van der Waals surface area contributed by atoms with Crippen LogP contribution in [0.4, 0.5) is 5.13 Å². The van der Waals surface area contributed by atoms with Gasteiger partial charge in [-0.1, -0.05) is 23.4 Å². The van der Waals surface area contributed by atoms with Gasteiger partial charge in [0.05, 0.1) is 17.0 Å². The largest absolute Gasteiger partial charge is 0.301 e. The Morgan fingerprint density at radius 1 is 1.19 bits per heavy atom. The number of pyridine rings is 1. The second-order valence-corrected chi connectivity index (χ2v) is 8.67. The number of fused-ring (bicyclic) bond motifs is 3. The van der Waals surface area contributed by atoms with Gasteiger partial charge in [-0.15, -0.1) is 21.5 Å². The first-order chi connectivity index (χ1) is 12.9. The number of carbonyl (C=O) groups is 1. The summed E-state index contributed by atoms with van der Waals surface area (Å²) in [4.78, 5) is 17.8. The van der Waals surface area contributed by atoms with E-state index < -0.39 is 0 Å². The summed E-state index contributed by atoms with van der Waals surface area (Å²) in [7, 11) is 0. The van der Waals surface area contributed by atoms with E-state index in [-0.39, 0.29) is 11.7 Å². The number of benzene rings is 1. The smallest absolute Gasteiger partial charge is 0.236 e. The Bertz CT molecular complexity index is 1160. The highest BCUT2D eigenvalue weighted by molar-refractivity contribution is 7.99. The Morgan fingerprint density at radius 2 is 2.00 bits per heavy atom. The Labute approximate surface area is 165 Å². The third-order valence-corrected chi connectivity index (χ3v) is 6.31. The second kappa shape index (κ2) is 6.94. The molecule has 0 aliphatic heterocycles. The Hall–Kier alpha value is -2.45. The van der Waals surface area contributed by atoms with Crippen molar-refractivity contribution in [3.63, 3.8) is 0 Å². The topological polar surface area (TPSA) is 72.2 Å². The minimum Gasteiger partial charge on any atom is -0.301 e. The molecular weight excluding hydrogens is 378 g/mol. The van der Waals surface area contributed by atoms with Crippen molar-refractivity contribution in [2.75, 3.05) is 11.1 Å². The van der Waals surface area contributed by atoms with E-state index in [2.05, 4.69) is 51.7 Å². The van der Waals surface area contributed by atoms with Crippen LogP contribution in [-0.4, -0.2) is 31.2 Å². The first-order valence-electron chi connectivity index (χ1n) is 8.54. The lowest BCUT2D eigenvalue weighted by molar-refractivity contribution is -0.113. The number of amides is 1. The van der Waals surface area contributed by atoms with Crippen molar-refractivity contribution in [2.24, 2.45) is 0 Å². The average molecular weight is 398 g/mol. The number of anilines is 1. The van der Waals surface area contributed by atoms with Gasteiger partial charge in [0.25, 0.3) is 0 Å². The third kappa shape index (κ3) is 3.42. The number of thioether (sulfide) groups is 1. The van der Waals surface area contributed by atoms with Crippen molar-refractivity contribution in [1.29, 1.82) is 0 Å². The fraction of sp³-hybridized carbons (Fsp3) is 0.263. The van der Waals surface area contributed by atoms with Crippen molar-refractivity contribution in [3.05, 3.63) is 46.0 Å². The molecule has 0 atom stereocenters. The van der Waals surface area contributed by atoms with E-state index in [1.807, 2.05) is 25.2 Å². The molecule has 6 nitrogen and oxygen atoms in total. The predicted octanol–water partition coefficient (Wildman–Crippen LogP) is 4.30. The lowest BCUT2D eigenvalue weighted by Gasteiger charge is -2.07. The molecular formula is C19H19N5OS2. The van der Waals surface area contributed by atoms with Gasteiger partial charge in [0, 0.05) is 4.88 Å². The summed E-state index contributed by atoms with van der Waals surface area (Å²) in [6.45, 7) is 8.04. The molecule has 1 aromatic carbocycles. The molecule has 0 bridgehead atoms. The minimum absolute atomic E-state index is 0.0988. The molecule has 3 aromatic heterocycles. The van der Waals surface area contributed by atoms with E-state index in [1.54, 1.807) is 0 Å². The summed E-state index contributed by atoms with van der Waals surface area (Å²) < 4.78 is 2.03. The number of nitrogens with one attached hydrogen (secondary N) is 1. The van der Waals surface area contributed by atoms with Gasteiger partial charge in [0.2, 0.25) is 5.91 Å². The van der Waals surface area contributed by atoms with Crippen LogP contribution in [0.15, 0.2) is 29.4 Å². The number of rotatable bonds is 4. The van der Waals surface area contributed by atoms with Gasteiger partial charge in [-0.25, -0.2) is 4.98 Å². The molecule has 0 saturated carbocycles. The number of nitrogens with zero attached hydrogens (tertiary/aromatic N) is 4. The highest BCUT2D eigenvalue weighted by Gasteiger charge is 2.15. The maximum atomic E-state index is 12.3. The average Bonchev–Trinajstić information content (AvgIpc) is 3.17. The highest BCUT2D eigenvalue weighted by atomic mass is 32.2. The lowest BCUT2D eigenvalue weighted by atomic mass is 10.1. The minimum atomic E-state index is -0.0988. The number of thiazole rings is 1. The molecule has 0 unspecified atom stereocenters.